The Bertz CT molecular complexity index is 768. The second-order valence-corrected chi connectivity index (χ2v) is 5.50. The first-order valence-corrected chi connectivity index (χ1v) is 7.52. The SMILES string of the molecule is COc1ccc2c(c1)O[C@H](c1ccc3c(c1)OCCO3)CC2=O. The van der Waals surface area contributed by atoms with Crippen molar-refractivity contribution in [2.45, 2.75) is 12.5 Å². The minimum atomic E-state index is -0.335. The number of carbonyl (C=O) groups is 1. The average Bonchev–Trinajstić information content (AvgIpc) is 2.60. The number of hydrogen-bond donors (Lipinski definition) is 0. The highest BCUT2D eigenvalue weighted by Gasteiger charge is 2.29. The summed E-state index contributed by atoms with van der Waals surface area (Å²) in [4.78, 5) is 12.4. The van der Waals surface area contributed by atoms with Crippen molar-refractivity contribution in [1.82, 2.24) is 0 Å². The van der Waals surface area contributed by atoms with Crippen molar-refractivity contribution in [2.75, 3.05) is 20.3 Å². The van der Waals surface area contributed by atoms with Gasteiger partial charge in [0, 0.05) is 6.07 Å². The zero-order valence-electron chi connectivity index (χ0n) is 12.7. The number of ether oxygens (including phenoxy) is 4. The molecule has 0 aliphatic carbocycles. The van der Waals surface area contributed by atoms with Crippen LogP contribution in [0.15, 0.2) is 36.4 Å². The molecule has 2 heterocycles. The maximum atomic E-state index is 12.4. The number of carbonyl (C=O) groups excluding carboxylic acids is 1. The maximum absolute atomic E-state index is 12.4. The standard InChI is InChI=1S/C18H16O5/c1-20-12-3-4-13-14(19)10-16(23-17(13)9-12)11-2-5-15-18(8-11)22-7-6-21-15/h2-5,8-9,16H,6-7,10H2,1H3/t16-/m0/s1. The monoisotopic (exact) mass is 312 g/mol. The molecule has 0 bridgehead atoms. The molecule has 0 spiro atoms. The van der Waals surface area contributed by atoms with E-state index in [9.17, 15) is 4.79 Å². The van der Waals surface area contributed by atoms with Crippen molar-refractivity contribution in [3.05, 3.63) is 47.5 Å². The lowest BCUT2D eigenvalue weighted by Gasteiger charge is -2.27. The molecule has 23 heavy (non-hydrogen) atoms. The zero-order valence-corrected chi connectivity index (χ0v) is 12.7. The number of ketones is 1. The van der Waals surface area contributed by atoms with Crippen LogP contribution in [-0.4, -0.2) is 26.1 Å². The summed E-state index contributed by atoms with van der Waals surface area (Å²) < 4.78 is 22.4. The van der Waals surface area contributed by atoms with Crippen molar-refractivity contribution >= 4 is 5.78 Å². The highest BCUT2D eigenvalue weighted by atomic mass is 16.6. The Kier molecular flexibility index (Phi) is 3.33. The van der Waals surface area contributed by atoms with Gasteiger partial charge < -0.3 is 18.9 Å². The van der Waals surface area contributed by atoms with E-state index in [1.165, 1.54) is 0 Å². The molecule has 5 nitrogen and oxygen atoms in total. The molecule has 0 saturated heterocycles. The molecule has 0 radical (unpaired) electrons. The van der Waals surface area contributed by atoms with E-state index < -0.39 is 0 Å². The van der Waals surface area contributed by atoms with E-state index in [0.29, 0.717) is 42.4 Å². The van der Waals surface area contributed by atoms with E-state index in [1.54, 1.807) is 25.3 Å². The van der Waals surface area contributed by atoms with Crippen LogP contribution in [-0.2, 0) is 0 Å². The van der Waals surface area contributed by atoms with Gasteiger partial charge in [0.15, 0.2) is 17.3 Å². The lowest BCUT2D eigenvalue weighted by atomic mass is 9.96. The van der Waals surface area contributed by atoms with Gasteiger partial charge in [0.1, 0.15) is 30.8 Å². The topological polar surface area (TPSA) is 54.0 Å². The highest BCUT2D eigenvalue weighted by Crippen LogP contribution is 2.39. The van der Waals surface area contributed by atoms with Gasteiger partial charge in [-0.1, -0.05) is 6.07 Å². The first-order valence-electron chi connectivity index (χ1n) is 7.52. The summed E-state index contributed by atoms with van der Waals surface area (Å²) in [7, 11) is 1.59. The fraction of sp³-hybridized carbons (Fsp3) is 0.278. The summed E-state index contributed by atoms with van der Waals surface area (Å²) in [6.07, 6.45) is -0.0307. The molecular formula is C18H16O5. The molecule has 0 fully saturated rings. The van der Waals surface area contributed by atoms with Crippen molar-refractivity contribution in [2.24, 2.45) is 0 Å². The molecule has 5 heteroatoms. The second kappa shape index (κ2) is 5.50. The van der Waals surface area contributed by atoms with Gasteiger partial charge in [-0.15, -0.1) is 0 Å². The van der Waals surface area contributed by atoms with Gasteiger partial charge in [-0.2, -0.15) is 0 Å². The van der Waals surface area contributed by atoms with Gasteiger partial charge in [0.2, 0.25) is 0 Å². The minimum absolute atomic E-state index is 0.0637. The Labute approximate surface area is 133 Å². The predicted molar refractivity (Wildman–Crippen MR) is 82.7 cm³/mol. The predicted octanol–water partition coefficient (Wildman–Crippen LogP) is 3.17. The number of Topliss-reactive ketones (excluding diaryl/α,β-unsaturated/α-hetero) is 1. The Morgan fingerprint density at radius 2 is 1.83 bits per heavy atom. The van der Waals surface area contributed by atoms with E-state index in [2.05, 4.69) is 0 Å². The third kappa shape index (κ3) is 2.48. The van der Waals surface area contributed by atoms with Crippen molar-refractivity contribution < 1.29 is 23.7 Å². The van der Waals surface area contributed by atoms with Gasteiger partial charge in [0.25, 0.3) is 0 Å². The molecule has 0 aromatic heterocycles. The van der Waals surface area contributed by atoms with E-state index in [4.69, 9.17) is 18.9 Å². The Morgan fingerprint density at radius 3 is 2.65 bits per heavy atom. The first kappa shape index (κ1) is 13.9. The van der Waals surface area contributed by atoms with Crippen LogP contribution in [0.2, 0.25) is 0 Å². The largest absolute Gasteiger partial charge is 0.497 e. The van der Waals surface area contributed by atoms with E-state index >= 15 is 0 Å². The maximum Gasteiger partial charge on any atom is 0.170 e. The Hall–Kier alpha value is -2.69. The van der Waals surface area contributed by atoms with Crippen LogP contribution in [0.1, 0.15) is 28.4 Å². The van der Waals surface area contributed by atoms with Gasteiger partial charge >= 0.3 is 0 Å². The third-order valence-corrected chi connectivity index (χ3v) is 4.07. The molecule has 2 aromatic rings. The normalized spacial score (nSPS) is 18.8. The summed E-state index contributed by atoms with van der Waals surface area (Å²) in [5, 5.41) is 0. The average molecular weight is 312 g/mol. The fourth-order valence-electron chi connectivity index (χ4n) is 2.88. The van der Waals surface area contributed by atoms with Crippen LogP contribution in [0.5, 0.6) is 23.0 Å². The lowest BCUT2D eigenvalue weighted by Crippen LogP contribution is -2.21. The number of methoxy groups -OCH3 is 1. The lowest BCUT2D eigenvalue weighted by molar-refractivity contribution is 0.0848. The number of benzene rings is 2. The quantitative estimate of drug-likeness (QED) is 0.852. The van der Waals surface area contributed by atoms with Crippen molar-refractivity contribution in [3.63, 3.8) is 0 Å². The molecule has 1 atom stereocenters. The summed E-state index contributed by atoms with van der Waals surface area (Å²) in [6, 6.07) is 10.9. The van der Waals surface area contributed by atoms with Crippen LogP contribution in [0.3, 0.4) is 0 Å². The fourth-order valence-corrected chi connectivity index (χ4v) is 2.88. The van der Waals surface area contributed by atoms with Gasteiger partial charge in [-0.3, -0.25) is 4.79 Å². The van der Waals surface area contributed by atoms with Gasteiger partial charge in [-0.25, -0.2) is 0 Å². The summed E-state index contributed by atoms with van der Waals surface area (Å²) in [5.74, 6) is 2.71. The summed E-state index contributed by atoms with van der Waals surface area (Å²) in [5.41, 5.74) is 1.50. The van der Waals surface area contributed by atoms with E-state index in [0.717, 1.165) is 11.3 Å². The molecule has 0 amide bonds. The number of fused-ring (bicyclic) bond motifs is 2. The molecule has 118 valence electrons. The van der Waals surface area contributed by atoms with Gasteiger partial charge in [0.05, 0.1) is 19.1 Å². The van der Waals surface area contributed by atoms with E-state index in [1.807, 2.05) is 18.2 Å². The summed E-state index contributed by atoms with van der Waals surface area (Å²) in [6.45, 7) is 1.08. The molecule has 0 unspecified atom stereocenters. The zero-order chi connectivity index (χ0) is 15.8. The smallest absolute Gasteiger partial charge is 0.170 e. The summed E-state index contributed by atoms with van der Waals surface area (Å²) >= 11 is 0. The van der Waals surface area contributed by atoms with Crippen LogP contribution in [0.4, 0.5) is 0 Å². The Balaban J connectivity index is 1.67. The molecule has 4 rings (SSSR count). The molecule has 2 aliphatic heterocycles. The highest BCUT2D eigenvalue weighted by molar-refractivity contribution is 6.00. The number of rotatable bonds is 2. The van der Waals surface area contributed by atoms with Crippen molar-refractivity contribution in [3.8, 4) is 23.0 Å². The first-order chi connectivity index (χ1) is 11.2. The molecule has 0 N–H and O–H groups in total. The van der Waals surface area contributed by atoms with Crippen LogP contribution in [0, 0.1) is 0 Å². The van der Waals surface area contributed by atoms with Gasteiger partial charge in [-0.05, 0) is 29.8 Å². The second-order valence-electron chi connectivity index (χ2n) is 5.50. The minimum Gasteiger partial charge on any atom is -0.497 e. The van der Waals surface area contributed by atoms with Crippen molar-refractivity contribution in [1.29, 1.82) is 0 Å². The third-order valence-electron chi connectivity index (χ3n) is 4.07. The van der Waals surface area contributed by atoms with Crippen LogP contribution >= 0.6 is 0 Å². The number of hydrogen-bond acceptors (Lipinski definition) is 5. The van der Waals surface area contributed by atoms with Crippen LogP contribution < -0.4 is 18.9 Å². The Morgan fingerprint density at radius 1 is 1.00 bits per heavy atom. The van der Waals surface area contributed by atoms with Crippen LogP contribution in [0.25, 0.3) is 0 Å². The molecular weight excluding hydrogens is 296 g/mol. The van der Waals surface area contributed by atoms with E-state index in [-0.39, 0.29) is 11.9 Å². The molecule has 0 saturated carbocycles. The molecule has 2 aliphatic rings. The molecule has 2 aromatic carbocycles.